The van der Waals surface area contributed by atoms with Crippen LogP contribution in [0.1, 0.15) is 22.8 Å². The Morgan fingerprint density at radius 3 is 2.69 bits per heavy atom. The van der Waals surface area contributed by atoms with Crippen LogP contribution in [0.5, 0.6) is 0 Å². The van der Waals surface area contributed by atoms with E-state index in [0.29, 0.717) is 5.56 Å². The molecule has 0 fully saturated rings. The highest BCUT2D eigenvalue weighted by Gasteiger charge is 2.18. The van der Waals surface area contributed by atoms with Gasteiger partial charge in [0.2, 0.25) is 0 Å². The number of hydrogen-bond donors (Lipinski definition) is 0. The van der Waals surface area contributed by atoms with Crippen LogP contribution in [0.3, 0.4) is 0 Å². The molecule has 1 amide bonds. The summed E-state index contributed by atoms with van der Waals surface area (Å²) in [5, 5.41) is 8.76. The van der Waals surface area contributed by atoms with E-state index in [1.807, 2.05) is 25.1 Å². The fourth-order valence-corrected chi connectivity index (χ4v) is 1.80. The van der Waals surface area contributed by atoms with Crippen LogP contribution in [0, 0.1) is 18.3 Å². The highest BCUT2D eigenvalue weighted by molar-refractivity contribution is 9.10. The molecule has 0 heterocycles. The Bertz CT molecular complexity index is 451. The molecule has 0 bridgehead atoms. The van der Waals surface area contributed by atoms with Crippen LogP contribution in [-0.2, 0) is 0 Å². The SMILES string of the molecule is Cc1cc(Br)ccc1C(=O)N(C)C(C)C#N. The molecule has 1 unspecified atom stereocenters. The van der Waals surface area contributed by atoms with Crippen molar-refractivity contribution in [2.75, 3.05) is 7.05 Å². The third-order valence-electron chi connectivity index (χ3n) is 2.51. The first-order valence-corrected chi connectivity index (χ1v) is 5.69. The molecule has 3 nitrogen and oxygen atoms in total. The standard InChI is InChI=1S/C12H13BrN2O/c1-8-6-10(13)4-5-11(8)12(16)15(3)9(2)7-14/h4-6,9H,1-3H3. The summed E-state index contributed by atoms with van der Waals surface area (Å²) >= 11 is 3.35. The molecule has 1 aromatic rings. The predicted octanol–water partition coefficient (Wildman–Crippen LogP) is 2.74. The molecule has 0 aromatic heterocycles. The Kier molecular flexibility index (Phi) is 4.08. The topological polar surface area (TPSA) is 44.1 Å². The van der Waals surface area contributed by atoms with Gasteiger partial charge in [0.1, 0.15) is 6.04 Å². The Labute approximate surface area is 104 Å². The largest absolute Gasteiger partial charge is 0.326 e. The van der Waals surface area contributed by atoms with Crippen LogP contribution in [0.2, 0.25) is 0 Å². The second-order valence-corrected chi connectivity index (χ2v) is 4.60. The van der Waals surface area contributed by atoms with Gasteiger partial charge in [0.15, 0.2) is 0 Å². The molecule has 1 atom stereocenters. The highest BCUT2D eigenvalue weighted by atomic mass is 79.9. The van der Waals surface area contributed by atoms with Gasteiger partial charge >= 0.3 is 0 Å². The van der Waals surface area contributed by atoms with Gasteiger partial charge in [-0.25, -0.2) is 0 Å². The van der Waals surface area contributed by atoms with Crippen molar-refractivity contribution in [2.24, 2.45) is 0 Å². The number of nitrogens with zero attached hydrogens (tertiary/aromatic N) is 2. The first-order chi connectivity index (χ1) is 7.47. The molecule has 0 spiro atoms. The zero-order chi connectivity index (χ0) is 12.3. The average molecular weight is 281 g/mol. The first-order valence-electron chi connectivity index (χ1n) is 4.90. The van der Waals surface area contributed by atoms with Crippen LogP contribution in [0.15, 0.2) is 22.7 Å². The van der Waals surface area contributed by atoms with Crippen molar-refractivity contribution in [3.63, 3.8) is 0 Å². The minimum absolute atomic E-state index is 0.126. The zero-order valence-electron chi connectivity index (χ0n) is 9.49. The van der Waals surface area contributed by atoms with E-state index in [0.717, 1.165) is 10.0 Å². The van der Waals surface area contributed by atoms with Gasteiger partial charge < -0.3 is 4.90 Å². The molecular weight excluding hydrogens is 268 g/mol. The van der Waals surface area contributed by atoms with E-state index in [9.17, 15) is 4.79 Å². The Balaban J connectivity index is 3.02. The second-order valence-electron chi connectivity index (χ2n) is 3.68. The predicted molar refractivity (Wildman–Crippen MR) is 66.0 cm³/mol. The number of aryl methyl sites for hydroxylation is 1. The molecule has 84 valence electrons. The van der Waals surface area contributed by atoms with Gasteiger partial charge in [0, 0.05) is 17.1 Å². The van der Waals surface area contributed by atoms with Gasteiger partial charge in [0.05, 0.1) is 6.07 Å². The second kappa shape index (κ2) is 5.13. The third-order valence-corrected chi connectivity index (χ3v) is 3.00. The lowest BCUT2D eigenvalue weighted by Gasteiger charge is -2.20. The van der Waals surface area contributed by atoms with E-state index in [1.54, 1.807) is 20.0 Å². The van der Waals surface area contributed by atoms with Gasteiger partial charge in [-0.15, -0.1) is 0 Å². The van der Waals surface area contributed by atoms with Gasteiger partial charge in [-0.05, 0) is 37.6 Å². The number of benzene rings is 1. The molecule has 0 aliphatic carbocycles. The van der Waals surface area contributed by atoms with Crippen LogP contribution in [0.4, 0.5) is 0 Å². The van der Waals surface area contributed by atoms with Crippen molar-refractivity contribution < 1.29 is 4.79 Å². The molecule has 16 heavy (non-hydrogen) atoms. The number of carbonyl (C=O) groups excluding carboxylic acids is 1. The zero-order valence-corrected chi connectivity index (χ0v) is 11.1. The monoisotopic (exact) mass is 280 g/mol. The van der Waals surface area contributed by atoms with Crippen molar-refractivity contribution >= 4 is 21.8 Å². The van der Waals surface area contributed by atoms with Crippen molar-refractivity contribution in [2.45, 2.75) is 19.9 Å². The van der Waals surface area contributed by atoms with Crippen molar-refractivity contribution in [3.05, 3.63) is 33.8 Å². The van der Waals surface area contributed by atoms with Crippen LogP contribution in [-0.4, -0.2) is 23.9 Å². The van der Waals surface area contributed by atoms with Gasteiger partial charge in [0.25, 0.3) is 5.91 Å². The highest BCUT2D eigenvalue weighted by Crippen LogP contribution is 2.17. The summed E-state index contributed by atoms with van der Waals surface area (Å²) in [7, 11) is 1.64. The Hall–Kier alpha value is -1.34. The molecule has 0 N–H and O–H groups in total. The number of halogens is 1. The van der Waals surface area contributed by atoms with Gasteiger partial charge in [-0.2, -0.15) is 5.26 Å². The van der Waals surface area contributed by atoms with Gasteiger partial charge in [-0.3, -0.25) is 4.79 Å². The summed E-state index contributed by atoms with van der Waals surface area (Å²) in [5.74, 6) is -0.126. The maximum atomic E-state index is 12.0. The molecule has 4 heteroatoms. The molecule has 0 radical (unpaired) electrons. The number of amides is 1. The average Bonchev–Trinajstić information content (AvgIpc) is 2.26. The normalized spacial score (nSPS) is 11.7. The fourth-order valence-electron chi connectivity index (χ4n) is 1.32. The van der Waals surface area contributed by atoms with Crippen LogP contribution >= 0.6 is 15.9 Å². The maximum absolute atomic E-state index is 12.0. The number of rotatable bonds is 2. The molecule has 0 saturated heterocycles. The number of carbonyl (C=O) groups is 1. The number of nitriles is 1. The molecule has 1 aromatic carbocycles. The van der Waals surface area contributed by atoms with Crippen LogP contribution in [0.25, 0.3) is 0 Å². The molecular formula is C12H13BrN2O. The maximum Gasteiger partial charge on any atom is 0.254 e. The summed E-state index contributed by atoms with van der Waals surface area (Å²) in [6.07, 6.45) is 0. The van der Waals surface area contributed by atoms with E-state index >= 15 is 0 Å². The van der Waals surface area contributed by atoms with Crippen molar-refractivity contribution in [1.29, 1.82) is 5.26 Å². The van der Waals surface area contributed by atoms with E-state index in [-0.39, 0.29) is 5.91 Å². The number of hydrogen-bond acceptors (Lipinski definition) is 2. The third kappa shape index (κ3) is 2.61. The quantitative estimate of drug-likeness (QED) is 0.836. The lowest BCUT2D eigenvalue weighted by atomic mass is 10.1. The van der Waals surface area contributed by atoms with Crippen molar-refractivity contribution in [1.82, 2.24) is 4.90 Å². The van der Waals surface area contributed by atoms with Crippen molar-refractivity contribution in [3.8, 4) is 6.07 Å². The molecule has 0 aliphatic rings. The van der Waals surface area contributed by atoms with E-state index in [2.05, 4.69) is 15.9 Å². The molecule has 1 rings (SSSR count). The summed E-state index contributed by atoms with van der Waals surface area (Å²) in [5.41, 5.74) is 1.53. The molecule has 0 saturated carbocycles. The minimum atomic E-state index is -0.421. The summed E-state index contributed by atoms with van der Waals surface area (Å²) < 4.78 is 0.942. The lowest BCUT2D eigenvalue weighted by molar-refractivity contribution is 0.0772. The first kappa shape index (κ1) is 12.7. The Morgan fingerprint density at radius 2 is 2.19 bits per heavy atom. The summed E-state index contributed by atoms with van der Waals surface area (Å²) in [6.45, 7) is 3.58. The fraction of sp³-hybridized carbons (Fsp3) is 0.333. The minimum Gasteiger partial charge on any atom is -0.326 e. The lowest BCUT2D eigenvalue weighted by Crippen LogP contribution is -2.34. The van der Waals surface area contributed by atoms with Gasteiger partial charge in [-0.1, -0.05) is 15.9 Å². The van der Waals surface area contributed by atoms with Crippen LogP contribution < -0.4 is 0 Å². The Morgan fingerprint density at radius 1 is 1.56 bits per heavy atom. The molecule has 0 aliphatic heterocycles. The summed E-state index contributed by atoms with van der Waals surface area (Å²) in [4.78, 5) is 13.5. The van der Waals surface area contributed by atoms with E-state index < -0.39 is 6.04 Å². The summed E-state index contributed by atoms with van der Waals surface area (Å²) in [6, 6.07) is 7.10. The van der Waals surface area contributed by atoms with E-state index in [1.165, 1.54) is 4.90 Å². The van der Waals surface area contributed by atoms with E-state index in [4.69, 9.17) is 5.26 Å². The smallest absolute Gasteiger partial charge is 0.254 e.